The summed E-state index contributed by atoms with van der Waals surface area (Å²) in [6, 6.07) is 5.06. The van der Waals surface area contributed by atoms with Crippen molar-refractivity contribution in [3.8, 4) is 16.9 Å². The van der Waals surface area contributed by atoms with Crippen LogP contribution in [0, 0.1) is 6.92 Å². The maximum atomic E-state index is 9.23. The van der Waals surface area contributed by atoms with E-state index in [-0.39, 0.29) is 5.75 Å². The van der Waals surface area contributed by atoms with Gasteiger partial charge in [0.2, 0.25) is 5.88 Å². The molecule has 0 saturated carbocycles. The van der Waals surface area contributed by atoms with Gasteiger partial charge in [-0.15, -0.1) is 0 Å². The number of aromatic hydroxyl groups is 1. The van der Waals surface area contributed by atoms with Crippen LogP contribution in [0.2, 0.25) is 0 Å². The molecule has 0 unspecified atom stereocenters. The first-order chi connectivity index (χ1) is 6.68. The molecule has 72 valence electrons. The molecule has 0 aliphatic heterocycles. The Bertz CT molecular complexity index is 463. The molecule has 0 saturated heterocycles. The molecule has 4 heteroatoms. The van der Waals surface area contributed by atoms with E-state index in [4.69, 9.17) is 10.3 Å². The van der Waals surface area contributed by atoms with E-state index in [1.165, 1.54) is 0 Å². The molecule has 3 N–H and O–H groups in total. The number of aromatic nitrogens is 1. The summed E-state index contributed by atoms with van der Waals surface area (Å²) in [6.45, 7) is 1.89. The van der Waals surface area contributed by atoms with Gasteiger partial charge in [0.1, 0.15) is 5.75 Å². The van der Waals surface area contributed by atoms with E-state index in [0.29, 0.717) is 5.88 Å². The SMILES string of the molecule is Cc1cc(O)ccc1-c1cnoc1N. The van der Waals surface area contributed by atoms with E-state index in [2.05, 4.69) is 5.16 Å². The molecular formula is C10H10N2O2. The Kier molecular flexibility index (Phi) is 1.89. The van der Waals surface area contributed by atoms with Gasteiger partial charge in [-0.1, -0.05) is 11.2 Å². The molecule has 1 aromatic carbocycles. The summed E-state index contributed by atoms with van der Waals surface area (Å²) >= 11 is 0. The second-order valence-corrected chi connectivity index (χ2v) is 3.10. The Balaban J connectivity index is 2.58. The lowest BCUT2D eigenvalue weighted by atomic mass is 10.0. The molecule has 0 aliphatic rings. The van der Waals surface area contributed by atoms with Crippen molar-refractivity contribution in [3.05, 3.63) is 30.0 Å². The quantitative estimate of drug-likeness (QED) is 0.720. The topological polar surface area (TPSA) is 72.3 Å². The second kappa shape index (κ2) is 3.06. The molecule has 0 bridgehead atoms. The van der Waals surface area contributed by atoms with Crippen molar-refractivity contribution in [1.82, 2.24) is 5.16 Å². The van der Waals surface area contributed by atoms with Gasteiger partial charge in [0, 0.05) is 0 Å². The monoisotopic (exact) mass is 190 g/mol. The Labute approximate surface area is 81.0 Å². The summed E-state index contributed by atoms with van der Waals surface area (Å²) in [5.74, 6) is 0.528. The zero-order valence-corrected chi connectivity index (χ0v) is 7.69. The molecule has 1 aromatic heterocycles. The molecular weight excluding hydrogens is 180 g/mol. The lowest BCUT2D eigenvalue weighted by Crippen LogP contribution is -1.87. The second-order valence-electron chi connectivity index (χ2n) is 3.10. The lowest BCUT2D eigenvalue weighted by molar-refractivity contribution is 0.436. The Morgan fingerprint density at radius 2 is 2.14 bits per heavy atom. The van der Waals surface area contributed by atoms with Gasteiger partial charge in [0.25, 0.3) is 0 Å². The minimum atomic E-state index is 0.237. The van der Waals surface area contributed by atoms with Crippen molar-refractivity contribution in [2.75, 3.05) is 5.73 Å². The van der Waals surface area contributed by atoms with Crippen molar-refractivity contribution >= 4 is 5.88 Å². The molecule has 0 atom stereocenters. The van der Waals surface area contributed by atoms with E-state index in [1.807, 2.05) is 6.92 Å². The number of nitrogens with two attached hydrogens (primary N) is 1. The van der Waals surface area contributed by atoms with Gasteiger partial charge in [-0.2, -0.15) is 0 Å². The maximum Gasteiger partial charge on any atom is 0.229 e. The van der Waals surface area contributed by atoms with Gasteiger partial charge in [0.15, 0.2) is 0 Å². The molecule has 0 spiro atoms. The first-order valence-electron chi connectivity index (χ1n) is 4.18. The molecule has 1 heterocycles. The number of rotatable bonds is 1. The van der Waals surface area contributed by atoms with Crippen LogP contribution in [0.15, 0.2) is 28.9 Å². The van der Waals surface area contributed by atoms with Crippen molar-refractivity contribution in [2.24, 2.45) is 0 Å². The van der Waals surface area contributed by atoms with Crippen molar-refractivity contribution < 1.29 is 9.63 Å². The normalized spacial score (nSPS) is 10.4. The minimum absolute atomic E-state index is 0.237. The first-order valence-corrected chi connectivity index (χ1v) is 4.18. The van der Waals surface area contributed by atoms with Crippen LogP contribution >= 0.6 is 0 Å². The van der Waals surface area contributed by atoms with Crippen molar-refractivity contribution in [2.45, 2.75) is 6.92 Å². The van der Waals surface area contributed by atoms with Crippen LogP contribution in [-0.2, 0) is 0 Å². The fourth-order valence-corrected chi connectivity index (χ4v) is 1.40. The Hall–Kier alpha value is -1.97. The van der Waals surface area contributed by atoms with Gasteiger partial charge in [-0.25, -0.2) is 0 Å². The van der Waals surface area contributed by atoms with Gasteiger partial charge >= 0.3 is 0 Å². The third-order valence-corrected chi connectivity index (χ3v) is 2.10. The molecule has 0 aliphatic carbocycles. The minimum Gasteiger partial charge on any atom is -0.508 e. The number of hydrogen-bond acceptors (Lipinski definition) is 4. The standard InChI is InChI=1S/C10H10N2O2/c1-6-4-7(13)2-3-8(6)9-5-12-14-10(9)11/h2-5,13H,11H2,1H3. The molecule has 0 amide bonds. The third-order valence-electron chi connectivity index (χ3n) is 2.10. The van der Waals surface area contributed by atoms with E-state index in [1.54, 1.807) is 24.4 Å². The molecule has 0 radical (unpaired) electrons. The number of hydrogen-bond donors (Lipinski definition) is 2. The average molecular weight is 190 g/mol. The predicted molar refractivity (Wildman–Crippen MR) is 52.8 cm³/mol. The number of phenols is 1. The maximum absolute atomic E-state index is 9.23. The number of anilines is 1. The third kappa shape index (κ3) is 1.31. The van der Waals surface area contributed by atoms with E-state index >= 15 is 0 Å². The number of nitrogens with zero attached hydrogens (tertiary/aromatic N) is 1. The average Bonchev–Trinajstić information content (AvgIpc) is 2.52. The van der Waals surface area contributed by atoms with Crippen molar-refractivity contribution in [1.29, 1.82) is 0 Å². The van der Waals surface area contributed by atoms with E-state index < -0.39 is 0 Å². The van der Waals surface area contributed by atoms with Crippen LogP contribution in [0.4, 0.5) is 5.88 Å². The van der Waals surface area contributed by atoms with Crippen LogP contribution in [0.1, 0.15) is 5.56 Å². The fraction of sp³-hybridized carbons (Fsp3) is 0.100. The van der Waals surface area contributed by atoms with Gasteiger partial charge in [0.05, 0.1) is 11.8 Å². The molecule has 2 rings (SSSR count). The molecule has 0 fully saturated rings. The van der Waals surface area contributed by atoms with Crippen LogP contribution in [0.5, 0.6) is 5.75 Å². The fourth-order valence-electron chi connectivity index (χ4n) is 1.40. The zero-order valence-electron chi connectivity index (χ0n) is 7.69. The lowest BCUT2D eigenvalue weighted by Gasteiger charge is -2.03. The number of benzene rings is 1. The molecule has 2 aromatic rings. The van der Waals surface area contributed by atoms with Crippen LogP contribution in [0.3, 0.4) is 0 Å². The largest absolute Gasteiger partial charge is 0.508 e. The summed E-state index contributed by atoms with van der Waals surface area (Å²) < 4.78 is 4.77. The molecule has 14 heavy (non-hydrogen) atoms. The van der Waals surface area contributed by atoms with Crippen LogP contribution in [0.25, 0.3) is 11.1 Å². The van der Waals surface area contributed by atoms with Crippen molar-refractivity contribution in [3.63, 3.8) is 0 Å². The highest BCUT2D eigenvalue weighted by atomic mass is 16.5. The summed E-state index contributed by atoms with van der Waals surface area (Å²) in [6.07, 6.45) is 1.56. The highest BCUT2D eigenvalue weighted by Crippen LogP contribution is 2.30. The highest BCUT2D eigenvalue weighted by molar-refractivity contribution is 5.74. The highest BCUT2D eigenvalue weighted by Gasteiger charge is 2.09. The predicted octanol–water partition coefficient (Wildman–Crippen LogP) is 1.94. The van der Waals surface area contributed by atoms with Crippen LogP contribution in [-0.4, -0.2) is 10.3 Å². The van der Waals surface area contributed by atoms with Gasteiger partial charge < -0.3 is 15.4 Å². The van der Waals surface area contributed by atoms with Gasteiger partial charge in [-0.05, 0) is 30.2 Å². The summed E-state index contributed by atoms with van der Waals surface area (Å²) in [5.41, 5.74) is 8.19. The molecule has 4 nitrogen and oxygen atoms in total. The Morgan fingerprint density at radius 1 is 1.36 bits per heavy atom. The zero-order chi connectivity index (χ0) is 10.1. The summed E-state index contributed by atoms with van der Waals surface area (Å²) in [5, 5.41) is 12.8. The smallest absolute Gasteiger partial charge is 0.229 e. The van der Waals surface area contributed by atoms with E-state index in [0.717, 1.165) is 16.7 Å². The first kappa shape index (κ1) is 8.62. The number of aryl methyl sites for hydroxylation is 1. The van der Waals surface area contributed by atoms with Crippen LogP contribution < -0.4 is 5.73 Å². The van der Waals surface area contributed by atoms with E-state index in [9.17, 15) is 5.11 Å². The number of phenolic OH excluding ortho intramolecular Hbond substituents is 1. The van der Waals surface area contributed by atoms with Gasteiger partial charge in [-0.3, -0.25) is 0 Å². The number of nitrogen functional groups attached to an aromatic ring is 1. The Morgan fingerprint density at radius 3 is 2.71 bits per heavy atom. The summed E-state index contributed by atoms with van der Waals surface area (Å²) in [4.78, 5) is 0. The summed E-state index contributed by atoms with van der Waals surface area (Å²) in [7, 11) is 0.